The molecule has 6 heteroatoms. The third-order valence-corrected chi connectivity index (χ3v) is 5.13. The van der Waals surface area contributed by atoms with Crippen molar-refractivity contribution in [1.82, 2.24) is 15.2 Å². The molecule has 1 aliphatic rings. The Labute approximate surface area is 191 Å². The van der Waals surface area contributed by atoms with Crippen molar-refractivity contribution < 1.29 is 9.18 Å². The second kappa shape index (κ2) is 14.0. The topological polar surface area (TPSA) is 60.5 Å². The van der Waals surface area contributed by atoms with Crippen LogP contribution in [-0.2, 0) is 11.2 Å². The van der Waals surface area contributed by atoms with Crippen LogP contribution in [0.5, 0.6) is 0 Å². The maximum absolute atomic E-state index is 11.9. The highest BCUT2D eigenvalue weighted by atomic mass is 19.1. The number of benzene rings is 1. The van der Waals surface area contributed by atoms with Crippen LogP contribution in [0.4, 0.5) is 4.39 Å². The van der Waals surface area contributed by atoms with Crippen molar-refractivity contribution in [3.63, 3.8) is 0 Å². The molecular formula is C26H35FN4O. The maximum Gasteiger partial charge on any atom is 0.167 e. The van der Waals surface area contributed by atoms with Gasteiger partial charge >= 0.3 is 0 Å². The number of nitrogens with zero attached hydrogens (tertiary/aromatic N) is 2. The summed E-state index contributed by atoms with van der Waals surface area (Å²) in [5.74, 6) is -0.178. The number of aromatic nitrogens is 1. The van der Waals surface area contributed by atoms with Crippen molar-refractivity contribution in [3.8, 4) is 0 Å². The number of carbonyl (C=O) groups is 1. The standard InChI is InChI=1S/C20H30N4O.C6H5F/c1-4-8-18-16(2)13-17(23-18)9-5-6-12-24(3)15-22-19-10-7-11-21-20(19)14-25;7-6-4-2-1-3-5-6/h4,8,13-15,21,23H,5-7,9-12H2,1-3H3;1-5H/b8-4-,22-15?;. The molecule has 1 aromatic heterocycles. The summed E-state index contributed by atoms with van der Waals surface area (Å²) in [5, 5.41) is 3.10. The first-order valence-electron chi connectivity index (χ1n) is 11.2. The Kier molecular flexibility index (Phi) is 11.0. The number of carbonyl (C=O) groups excluding carboxylic acids is 1. The van der Waals surface area contributed by atoms with Crippen LogP contribution in [0, 0.1) is 12.7 Å². The zero-order valence-corrected chi connectivity index (χ0v) is 19.4. The molecule has 0 atom stereocenters. The van der Waals surface area contributed by atoms with Gasteiger partial charge in [-0.1, -0.05) is 24.3 Å². The first kappa shape index (κ1) is 25.1. The second-order valence-electron chi connectivity index (χ2n) is 7.88. The average Bonchev–Trinajstić information content (AvgIpc) is 3.15. The molecule has 32 heavy (non-hydrogen) atoms. The molecule has 2 aromatic rings. The summed E-state index contributed by atoms with van der Waals surface area (Å²) in [6.07, 6.45) is 12.1. The molecular weight excluding hydrogens is 403 g/mol. The number of unbranched alkanes of at least 4 members (excludes halogenated alkanes) is 1. The number of nitrogens with one attached hydrogen (secondary N) is 2. The number of rotatable bonds is 9. The molecule has 1 aromatic carbocycles. The van der Waals surface area contributed by atoms with Crippen molar-refractivity contribution >= 4 is 18.7 Å². The van der Waals surface area contributed by atoms with E-state index in [0.29, 0.717) is 5.70 Å². The second-order valence-corrected chi connectivity index (χ2v) is 7.88. The molecule has 0 saturated carbocycles. The Hall–Kier alpha value is -3.15. The van der Waals surface area contributed by atoms with Gasteiger partial charge in [0.15, 0.2) is 6.29 Å². The highest BCUT2D eigenvalue weighted by molar-refractivity contribution is 5.74. The molecule has 5 nitrogen and oxygen atoms in total. The summed E-state index contributed by atoms with van der Waals surface area (Å²) < 4.78 is 11.9. The number of aliphatic imine (C=N–C) groups is 1. The number of allylic oxidation sites excluding steroid dienone is 3. The smallest absolute Gasteiger partial charge is 0.167 e. The van der Waals surface area contributed by atoms with Crippen LogP contribution in [0.15, 0.2) is 58.9 Å². The summed E-state index contributed by atoms with van der Waals surface area (Å²) in [6, 6.07) is 10.2. The van der Waals surface area contributed by atoms with Gasteiger partial charge in [0.25, 0.3) is 0 Å². The van der Waals surface area contributed by atoms with Gasteiger partial charge < -0.3 is 15.2 Å². The molecule has 0 saturated heterocycles. The van der Waals surface area contributed by atoms with Gasteiger partial charge in [-0.25, -0.2) is 9.38 Å². The number of aryl methyl sites for hydroxylation is 2. The molecule has 0 radical (unpaired) electrons. The molecule has 2 heterocycles. The fourth-order valence-electron chi connectivity index (χ4n) is 3.40. The largest absolute Gasteiger partial charge is 0.381 e. The Morgan fingerprint density at radius 1 is 1.22 bits per heavy atom. The Morgan fingerprint density at radius 2 is 2.00 bits per heavy atom. The normalized spacial score (nSPS) is 13.8. The van der Waals surface area contributed by atoms with E-state index in [2.05, 4.69) is 45.3 Å². The molecule has 3 rings (SSSR count). The minimum Gasteiger partial charge on any atom is -0.381 e. The highest BCUT2D eigenvalue weighted by Crippen LogP contribution is 2.15. The quantitative estimate of drug-likeness (QED) is 0.243. The van der Waals surface area contributed by atoms with Crippen LogP contribution in [-0.4, -0.2) is 42.6 Å². The molecule has 1 aliphatic heterocycles. The number of hydrogen-bond acceptors (Lipinski definition) is 3. The van der Waals surface area contributed by atoms with Crippen molar-refractivity contribution in [2.45, 2.75) is 46.0 Å². The number of hydrogen-bond donors (Lipinski definition) is 2. The molecule has 0 bridgehead atoms. The third-order valence-electron chi connectivity index (χ3n) is 5.13. The summed E-state index contributed by atoms with van der Waals surface area (Å²) >= 11 is 0. The van der Waals surface area contributed by atoms with E-state index in [1.165, 1.54) is 29.1 Å². The van der Waals surface area contributed by atoms with Crippen molar-refractivity contribution in [1.29, 1.82) is 0 Å². The Morgan fingerprint density at radius 3 is 2.66 bits per heavy atom. The van der Waals surface area contributed by atoms with Gasteiger partial charge in [-0.3, -0.25) is 4.79 Å². The van der Waals surface area contributed by atoms with Crippen LogP contribution >= 0.6 is 0 Å². The predicted octanol–water partition coefficient (Wildman–Crippen LogP) is 5.26. The highest BCUT2D eigenvalue weighted by Gasteiger charge is 2.10. The van der Waals surface area contributed by atoms with E-state index in [1.807, 2.05) is 20.3 Å². The summed E-state index contributed by atoms with van der Waals surface area (Å²) in [4.78, 5) is 21.1. The van der Waals surface area contributed by atoms with Gasteiger partial charge in [0.05, 0.1) is 17.7 Å². The van der Waals surface area contributed by atoms with Gasteiger partial charge in [-0.05, 0) is 75.8 Å². The minimum absolute atomic E-state index is 0.178. The van der Waals surface area contributed by atoms with Gasteiger partial charge in [0.1, 0.15) is 5.82 Å². The zero-order valence-electron chi connectivity index (χ0n) is 19.4. The lowest BCUT2D eigenvalue weighted by Crippen LogP contribution is -2.23. The number of aromatic amines is 1. The maximum atomic E-state index is 11.9. The van der Waals surface area contributed by atoms with Crippen LogP contribution in [0.25, 0.3) is 6.08 Å². The first-order chi connectivity index (χ1) is 15.5. The average molecular weight is 439 g/mol. The van der Waals surface area contributed by atoms with Gasteiger partial charge in [-0.2, -0.15) is 0 Å². The molecule has 0 aliphatic carbocycles. The first-order valence-corrected chi connectivity index (χ1v) is 11.2. The third kappa shape index (κ3) is 8.92. The van der Waals surface area contributed by atoms with E-state index in [4.69, 9.17) is 0 Å². The molecule has 0 fully saturated rings. The van der Waals surface area contributed by atoms with E-state index < -0.39 is 0 Å². The predicted molar refractivity (Wildman–Crippen MR) is 131 cm³/mol. The molecule has 0 spiro atoms. The van der Waals surface area contributed by atoms with E-state index in [9.17, 15) is 9.18 Å². The van der Waals surface area contributed by atoms with Crippen LogP contribution in [0.2, 0.25) is 0 Å². The van der Waals surface area contributed by atoms with E-state index >= 15 is 0 Å². The fraction of sp³-hybridized carbons (Fsp3) is 0.385. The SMILES string of the molecule is C/C=C\c1[nH]c(CCCCN(C)C=NC2=C(C=O)NCCC2)cc1C.Fc1ccccc1. The molecule has 0 amide bonds. The summed E-state index contributed by atoms with van der Waals surface area (Å²) in [6.45, 7) is 6.00. The summed E-state index contributed by atoms with van der Waals surface area (Å²) in [7, 11) is 2.03. The lowest BCUT2D eigenvalue weighted by molar-refractivity contribution is -0.105. The lowest BCUT2D eigenvalue weighted by atomic mass is 10.1. The Bertz CT molecular complexity index is 915. The van der Waals surface area contributed by atoms with Crippen molar-refractivity contribution in [3.05, 3.63) is 76.6 Å². The van der Waals surface area contributed by atoms with Gasteiger partial charge in [0, 0.05) is 31.5 Å². The lowest BCUT2D eigenvalue weighted by Gasteiger charge is -2.17. The fourth-order valence-corrected chi connectivity index (χ4v) is 3.40. The van der Waals surface area contributed by atoms with E-state index in [-0.39, 0.29) is 5.82 Å². The number of halogens is 1. The van der Waals surface area contributed by atoms with Crippen molar-refractivity contribution in [2.24, 2.45) is 4.99 Å². The van der Waals surface area contributed by atoms with Gasteiger partial charge in [-0.15, -0.1) is 0 Å². The summed E-state index contributed by atoms with van der Waals surface area (Å²) in [5.41, 5.74) is 5.32. The van der Waals surface area contributed by atoms with Crippen LogP contribution < -0.4 is 5.32 Å². The van der Waals surface area contributed by atoms with Gasteiger partial charge in [0.2, 0.25) is 0 Å². The zero-order chi connectivity index (χ0) is 23.2. The number of H-pyrrole nitrogens is 1. The van der Waals surface area contributed by atoms with Crippen molar-refractivity contribution in [2.75, 3.05) is 20.1 Å². The van der Waals surface area contributed by atoms with E-state index in [0.717, 1.165) is 57.2 Å². The Balaban J connectivity index is 0.000000439. The number of aldehydes is 1. The monoisotopic (exact) mass is 438 g/mol. The van der Waals surface area contributed by atoms with E-state index in [1.54, 1.807) is 18.2 Å². The molecule has 0 unspecified atom stereocenters. The van der Waals surface area contributed by atoms with Crippen LogP contribution in [0.1, 0.15) is 49.6 Å². The molecule has 2 N–H and O–H groups in total. The molecule has 172 valence electrons. The van der Waals surface area contributed by atoms with Crippen LogP contribution in [0.3, 0.4) is 0 Å². The minimum atomic E-state index is -0.178.